The number of nitrogens with zero attached hydrogens (tertiary/aromatic N) is 1. The molecule has 0 bridgehead atoms. The number of hydrogen-bond donors (Lipinski definition) is 1. The van der Waals surface area contributed by atoms with E-state index in [4.69, 9.17) is 0 Å². The molecule has 2 atom stereocenters. The van der Waals surface area contributed by atoms with Gasteiger partial charge in [0.15, 0.2) is 0 Å². The first-order valence-corrected chi connectivity index (χ1v) is 6.94. The Morgan fingerprint density at radius 1 is 1.29 bits per heavy atom. The monoisotopic (exact) mass is 218 g/mol. The third kappa shape index (κ3) is 5.89. The predicted molar refractivity (Wildman–Crippen MR) is 68.2 cm³/mol. The minimum absolute atomic E-state index is 0.628. The van der Waals surface area contributed by atoms with Crippen LogP contribution in [0.15, 0.2) is 0 Å². The second-order valence-electron chi connectivity index (χ2n) is 4.02. The van der Waals surface area contributed by atoms with Gasteiger partial charge in [0.05, 0.1) is 0 Å². The van der Waals surface area contributed by atoms with Crippen LogP contribution < -0.4 is 5.32 Å². The second-order valence-corrected chi connectivity index (χ2v) is 4.93. The number of rotatable bonds is 8. The van der Waals surface area contributed by atoms with Gasteiger partial charge in [0.2, 0.25) is 0 Å². The molecule has 0 aromatic rings. The molecule has 0 amide bonds. The molecule has 0 spiro atoms. The molecule has 1 N–H and O–H groups in total. The van der Waals surface area contributed by atoms with Crippen LogP contribution in [-0.4, -0.2) is 49.1 Å². The smallest absolute Gasteiger partial charge is 0.0192 e. The van der Waals surface area contributed by atoms with Crippen molar-refractivity contribution in [2.45, 2.75) is 39.3 Å². The van der Waals surface area contributed by atoms with E-state index in [1.54, 1.807) is 0 Å². The third-order valence-electron chi connectivity index (χ3n) is 2.66. The van der Waals surface area contributed by atoms with Gasteiger partial charge in [-0.05, 0) is 40.1 Å². The maximum Gasteiger partial charge on any atom is 0.0192 e. The second kappa shape index (κ2) is 8.57. The van der Waals surface area contributed by atoms with Gasteiger partial charge in [0, 0.05) is 24.4 Å². The topological polar surface area (TPSA) is 15.3 Å². The highest BCUT2D eigenvalue weighted by Crippen LogP contribution is 2.06. The molecular formula is C11H26N2S. The van der Waals surface area contributed by atoms with Crippen LogP contribution >= 0.6 is 11.8 Å². The van der Waals surface area contributed by atoms with Gasteiger partial charge in [0.25, 0.3) is 0 Å². The molecular weight excluding hydrogens is 192 g/mol. The van der Waals surface area contributed by atoms with Crippen LogP contribution in [0.1, 0.15) is 27.2 Å². The Balaban J connectivity index is 3.68. The highest BCUT2D eigenvalue weighted by molar-refractivity contribution is 7.98. The molecule has 0 aliphatic heterocycles. The van der Waals surface area contributed by atoms with Crippen molar-refractivity contribution in [1.29, 1.82) is 0 Å². The summed E-state index contributed by atoms with van der Waals surface area (Å²) in [6.07, 6.45) is 3.39. The summed E-state index contributed by atoms with van der Waals surface area (Å²) in [5, 5.41) is 3.46. The Labute approximate surface area is 93.8 Å². The lowest BCUT2D eigenvalue weighted by atomic mass is 10.2. The Bertz CT molecular complexity index is 130. The van der Waals surface area contributed by atoms with Crippen molar-refractivity contribution in [3.05, 3.63) is 0 Å². The van der Waals surface area contributed by atoms with Crippen molar-refractivity contribution in [3.8, 4) is 0 Å². The molecule has 2 nitrogen and oxygen atoms in total. The maximum atomic E-state index is 3.46. The van der Waals surface area contributed by atoms with Gasteiger partial charge in [0.1, 0.15) is 0 Å². The fourth-order valence-corrected chi connectivity index (χ4v) is 2.14. The van der Waals surface area contributed by atoms with E-state index in [2.05, 4.69) is 44.3 Å². The van der Waals surface area contributed by atoms with E-state index < -0.39 is 0 Å². The van der Waals surface area contributed by atoms with Crippen LogP contribution in [0.5, 0.6) is 0 Å². The largest absolute Gasteiger partial charge is 0.315 e. The molecule has 0 heterocycles. The van der Waals surface area contributed by atoms with Gasteiger partial charge in [-0.1, -0.05) is 6.92 Å². The van der Waals surface area contributed by atoms with Crippen LogP contribution in [0.2, 0.25) is 0 Å². The Morgan fingerprint density at radius 3 is 2.43 bits per heavy atom. The lowest BCUT2D eigenvalue weighted by Crippen LogP contribution is -2.43. The van der Waals surface area contributed by atoms with E-state index in [1.807, 2.05) is 11.8 Å². The van der Waals surface area contributed by atoms with Gasteiger partial charge >= 0.3 is 0 Å². The zero-order valence-electron chi connectivity index (χ0n) is 10.3. The lowest BCUT2D eigenvalue weighted by molar-refractivity contribution is 0.207. The van der Waals surface area contributed by atoms with E-state index in [1.165, 1.54) is 12.2 Å². The molecule has 0 aliphatic carbocycles. The molecule has 0 fully saturated rings. The van der Waals surface area contributed by atoms with E-state index in [0.29, 0.717) is 12.1 Å². The summed E-state index contributed by atoms with van der Waals surface area (Å²) in [5.41, 5.74) is 0. The van der Waals surface area contributed by atoms with Crippen molar-refractivity contribution in [3.63, 3.8) is 0 Å². The quantitative estimate of drug-likeness (QED) is 0.628. The van der Waals surface area contributed by atoms with E-state index >= 15 is 0 Å². The average molecular weight is 218 g/mol. The average Bonchev–Trinajstić information content (AvgIpc) is 2.17. The van der Waals surface area contributed by atoms with Crippen molar-refractivity contribution in [2.24, 2.45) is 0 Å². The highest BCUT2D eigenvalue weighted by atomic mass is 32.2. The minimum atomic E-state index is 0.628. The van der Waals surface area contributed by atoms with Crippen LogP contribution in [0.3, 0.4) is 0 Å². The summed E-state index contributed by atoms with van der Waals surface area (Å²) in [4.78, 5) is 2.46. The molecule has 0 aliphatic rings. The van der Waals surface area contributed by atoms with Crippen molar-refractivity contribution in [1.82, 2.24) is 10.2 Å². The molecule has 0 radical (unpaired) electrons. The van der Waals surface area contributed by atoms with Gasteiger partial charge < -0.3 is 5.32 Å². The summed E-state index contributed by atoms with van der Waals surface area (Å²) in [6.45, 7) is 9.03. The summed E-state index contributed by atoms with van der Waals surface area (Å²) in [6, 6.07) is 1.30. The summed E-state index contributed by atoms with van der Waals surface area (Å²) < 4.78 is 0. The number of nitrogens with one attached hydrogen (secondary N) is 1. The SMILES string of the molecule is CCCNCC(C)N(C)C(C)CSC. The van der Waals surface area contributed by atoms with Crippen LogP contribution in [-0.2, 0) is 0 Å². The minimum Gasteiger partial charge on any atom is -0.315 e. The summed E-state index contributed by atoms with van der Waals surface area (Å²) in [7, 11) is 2.22. The number of hydrogen-bond acceptors (Lipinski definition) is 3. The Morgan fingerprint density at radius 2 is 1.93 bits per heavy atom. The standard InChI is InChI=1S/C11H26N2S/c1-6-7-12-8-10(2)13(4)11(3)9-14-5/h10-12H,6-9H2,1-5H3. The number of likely N-dealkylation sites (N-methyl/N-ethyl adjacent to an activating group) is 1. The lowest BCUT2D eigenvalue weighted by Gasteiger charge is -2.30. The molecule has 2 unspecified atom stereocenters. The fraction of sp³-hybridized carbons (Fsp3) is 1.00. The van der Waals surface area contributed by atoms with Gasteiger partial charge in [-0.3, -0.25) is 4.90 Å². The normalized spacial score (nSPS) is 15.9. The molecule has 0 rings (SSSR count). The fourth-order valence-electron chi connectivity index (χ4n) is 1.42. The molecule has 0 saturated heterocycles. The number of thioether (sulfide) groups is 1. The van der Waals surface area contributed by atoms with Crippen molar-refractivity contribution in [2.75, 3.05) is 32.1 Å². The van der Waals surface area contributed by atoms with Gasteiger partial charge in [-0.25, -0.2) is 0 Å². The maximum absolute atomic E-state index is 3.46. The molecule has 0 aromatic carbocycles. The molecule has 86 valence electrons. The summed E-state index contributed by atoms with van der Waals surface area (Å²) in [5.74, 6) is 1.22. The van der Waals surface area contributed by atoms with Gasteiger partial charge in [-0.15, -0.1) is 0 Å². The molecule has 14 heavy (non-hydrogen) atoms. The van der Waals surface area contributed by atoms with Crippen LogP contribution in [0.25, 0.3) is 0 Å². The third-order valence-corrected chi connectivity index (χ3v) is 3.48. The first kappa shape index (κ1) is 14.3. The van der Waals surface area contributed by atoms with Crippen molar-refractivity contribution >= 4 is 11.8 Å². The molecule has 0 saturated carbocycles. The first-order chi connectivity index (χ1) is 6.63. The van der Waals surface area contributed by atoms with E-state index in [-0.39, 0.29) is 0 Å². The van der Waals surface area contributed by atoms with E-state index in [9.17, 15) is 0 Å². The zero-order valence-corrected chi connectivity index (χ0v) is 11.2. The van der Waals surface area contributed by atoms with E-state index in [0.717, 1.165) is 13.1 Å². The van der Waals surface area contributed by atoms with Crippen molar-refractivity contribution < 1.29 is 0 Å². The van der Waals surface area contributed by atoms with Crippen LogP contribution in [0.4, 0.5) is 0 Å². The Hall–Kier alpha value is 0.270. The summed E-state index contributed by atoms with van der Waals surface area (Å²) >= 11 is 1.92. The van der Waals surface area contributed by atoms with Crippen LogP contribution in [0, 0.1) is 0 Å². The molecule has 0 aromatic heterocycles. The molecule has 3 heteroatoms. The first-order valence-electron chi connectivity index (χ1n) is 5.55. The zero-order chi connectivity index (χ0) is 11.0. The Kier molecular flexibility index (Phi) is 8.73. The predicted octanol–water partition coefficient (Wildman–Crippen LogP) is 2.06. The highest BCUT2D eigenvalue weighted by Gasteiger charge is 2.14. The van der Waals surface area contributed by atoms with Gasteiger partial charge in [-0.2, -0.15) is 11.8 Å².